The maximum atomic E-state index is 11.7. The van der Waals surface area contributed by atoms with Crippen LogP contribution in [0, 0.1) is 10.7 Å². The molecule has 0 aromatic heterocycles. The molecule has 0 spiro atoms. The molecule has 6 heteroatoms. The number of fused-ring (bicyclic) bond motifs is 1. The van der Waals surface area contributed by atoms with Crippen LogP contribution in [0.5, 0.6) is 0 Å². The third-order valence-electron chi connectivity index (χ3n) is 2.84. The molecule has 1 aliphatic heterocycles. The number of para-hydroxylation sites is 2. The van der Waals surface area contributed by atoms with Gasteiger partial charge < -0.3 is 10.4 Å². The number of aromatic nitrogens is 2. The summed E-state index contributed by atoms with van der Waals surface area (Å²) in [5.41, 5.74) is -0.619. The van der Waals surface area contributed by atoms with E-state index >= 15 is 0 Å². The first kappa shape index (κ1) is 10.4. The van der Waals surface area contributed by atoms with Gasteiger partial charge in [-0.15, -0.1) is 0 Å². The van der Waals surface area contributed by atoms with Crippen LogP contribution >= 0.6 is 0 Å². The Labute approximate surface area is 99.1 Å². The molecule has 1 aliphatic carbocycles. The van der Waals surface area contributed by atoms with Gasteiger partial charge in [-0.05, 0) is 24.3 Å². The Hall–Kier alpha value is -2.76. The Morgan fingerprint density at radius 3 is 1.50 bits per heavy atom. The van der Waals surface area contributed by atoms with Gasteiger partial charge >= 0.3 is 0 Å². The van der Waals surface area contributed by atoms with E-state index in [9.17, 15) is 20.0 Å². The van der Waals surface area contributed by atoms with Crippen molar-refractivity contribution in [2.45, 2.75) is 0 Å². The Bertz CT molecular complexity index is 862. The topological polar surface area (TPSA) is 84.5 Å². The van der Waals surface area contributed by atoms with Crippen LogP contribution in [0.3, 0.4) is 0 Å². The molecule has 1 aromatic carbocycles. The van der Waals surface area contributed by atoms with Gasteiger partial charge in [-0.25, -0.2) is 0 Å². The zero-order valence-corrected chi connectivity index (χ0v) is 9.07. The van der Waals surface area contributed by atoms with Gasteiger partial charge in [0.1, 0.15) is 11.0 Å². The maximum Gasteiger partial charge on any atom is 0.208 e. The first-order chi connectivity index (χ1) is 8.61. The molecule has 18 heavy (non-hydrogen) atoms. The Balaban J connectivity index is 2.90. The molecule has 0 bridgehead atoms. The van der Waals surface area contributed by atoms with E-state index in [0.717, 1.165) is 12.1 Å². The molecule has 6 nitrogen and oxygen atoms in total. The number of hydrogen-bond donors (Lipinski definition) is 2. The van der Waals surface area contributed by atoms with Crippen molar-refractivity contribution in [3.8, 4) is 0 Å². The fraction of sp³-hybridized carbons (Fsp3) is 0. The minimum atomic E-state index is -0.541. The average molecular weight is 244 g/mol. The summed E-state index contributed by atoms with van der Waals surface area (Å²) in [7, 11) is 0. The Kier molecular flexibility index (Phi) is 1.94. The Morgan fingerprint density at radius 2 is 1.11 bits per heavy atom. The van der Waals surface area contributed by atoms with Crippen molar-refractivity contribution < 1.29 is 10.4 Å². The molecule has 0 radical (unpaired) electrons. The van der Waals surface area contributed by atoms with E-state index in [0.29, 0.717) is 9.46 Å². The molecule has 3 rings (SSSR count). The minimum Gasteiger partial charge on any atom is -0.428 e. The summed E-state index contributed by atoms with van der Waals surface area (Å²) < 4.78 is 1.25. The van der Waals surface area contributed by atoms with E-state index < -0.39 is 10.9 Å². The zero-order valence-electron chi connectivity index (χ0n) is 9.07. The van der Waals surface area contributed by atoms with Gasteiger partial charge in [0.05, 0.1) is 0 Å². The number of benzene rings is 1. The summed E-state index contributed by atoms with van der Waals surface area (Å²) in [5.74, 6) is 0. The highest BCUT2D eigenvalue weighted by molar-refractivity contribution is 5.74. The molecule has 2 N–H and O–H groups in total. The molecule has 1 aromatic rings. The second kappa shape index (κ2) is 3.36. The lowest BCUT2D eigenvalue weighted by Gasteiger charge is -2.09. The standard InChI is InChI=1S/C12H8N2O4/c15-9-5-6-10(16)12-11(9)13(17)7-3-1-2-4-8(7)14(12)18/h1-6,17-18H. The van der Waals surface area contributed by atoms with Crippen LogP contribution in [0.25, 0.3) is 11.0 Å². The summed E-state index contributed by atoms with van der Waals surface area (Å²) in [6.07, 6.45) is 0. The van der Waals surface area contributed by atoms with Gasteiger partial charge in [0.25, 0.3) is 0 Å². The van der Waals surface area contributed by atoms with E-state index in [1.165, 1.54) is 12.1 Å². The number of rotatable bonds is 0. The van der Waals surface area contributed by atoms with Crippen molar-refractivity contribution >= 4 is 11.0 Å². The van der Waals surface area contributed by atoms with Crippen molar-refractivity contribution in [2.75, 3.05) is 0 Å². The third kappa shape index (κ3) is 1.17. The molecule has 0 amide bonds. The second-order valence-electron chi connectivity index (χ2n) is 3.87. The van der Waals surface area contributed by atoms with Crippen molar-refractivity contribution in [1.29, 1.82) is 0 Å². The van der Waals surface area contributed by atoms with Gasteiger partial charge in [-0.1, -0.05) is 12.1 Å². The van der Waals surface area contributed by atoms with Crippen molar-refractivity contribution in [3.05, 3.63) is 67.5 Å². The summed E-state index contributed by atoms with van der Waals surface area (Å²) in [6, 6.07) is 8.47. The molecule has 1 heterocycles. The van der Waals surface area contributed by atoms with Gasteiger partial charge in [-0.2, -0.15) is 9.46 Å². The highest BCUT2D eigenvalue weighted by Gasteiger charge is 2.11. The molecule has 0 saturated carbocycles. The van der Waals surface area contributed by atoms with E-state index in [-0.39, 0.29) is 21.7 Å². The average Bonchev–Trinajstić information content (AvgIpc) is 2.38. The van der Waals surface area contributed by atoms with Crippen molar-refractivity contribution in [1.82, 2.24) is 9.46 Å². The summed E-state index contributed by atoms with van der Waals surface area (Å²) in [4.78, 5) is 23.4. The van der Waals surface area contributed by atoms with Crippen LogP contribution in [0.2, 0.25) is 0 Å². The zero-order chi connectivity index (χ0) is 12.9. The molecular formula is C12H8N2O4. The van der Waals surface area contributed by atoms with Crippen molar-refractivity contribution in [2.24, 2.45) is 0 Å². The van der Waals surface area contributed by atoms with Crippen LogP contribution < -0.4 is 10.9 Å². The number of hydrogen-bond acceptors (Lipinski definition) is 4. The molecule has 0 atom stereocenters. The van der Waals surface area contributed by atoms with E-state index in [1.807, 2.05) is 0 Å². The van der Waals surface area contributed by atoms with Crippen LogP contribution in [-0.4, -0.2) is 19.9 Å². The van der Waals surface area contributed by atoms with Crippen LogP contribution in [0.4, 0.5) is 0 Å². The molecule has 90 valence electrons. The monoisotopic (exact) mass is 244 g/mol. The van der Waals surface area contributed by atoms with Crippen molar-refractivity contribution in [3.63, 3.8) is 0 Å². The van der Waals surface area contributed by atoms with Gasteiger partial charge in [0.2, 0.25) is 10.9 Å². The highest BCUT2D eigenvalue weighted by atomic mass is 16.5. The van der Waals surface area contributed by atoms with Crippen LogP contribution in [0.15, 0.2) is 46.0 Å². The fourth-order valence-corrected chi connectivity index (χ4v) is 2.02. The first-order valence-electron chi connectivity index (χ1n) is 5.19. The Morgan fingerprint density at radius 1 is 0.722 bits per heavy atom. The molecule has 0 saturated heterocycles. The summed E-state index contributed by atoms with van der Waals surface area (Å²) in [6.45, 7) is 0. The largest absolute Gasteiger partial charge is 0.428 e. The van der Waals surface area contributed by atoms with Crippen LogP contribution in [-0.2, 0) is 0 Å². The summed E-state index contributed by atoms with van der Waals surface area (Å²) >= 11 is 0. The highest BCUT2D eigenvalue weighted by Crippen LogP contribution is 2.11. The molecule has 2 aliphatic rings. The minimum absolute atomic E-state index is 0.232. The van der Waals surface area contributed by atoms with Gasteiger partial charge in [-0.3, -0.25) is 9.59 Å². The van der Waals surface area contributed by atoms with Gasteiger partial charge in [0, 0.05) is 0 Å². The second-order valence-corrected chi connectivity index (χ2v) is 3.87. The summed E-state index contributed by atoms with van der Waals surface area (Å²) in [5, 5.41) is 19.5. The van der Waals surface area contributed by atoms with E-state index in [2.05, 4.69) is 0 Å². The number of nitrogens with zero attached hydrogens (tertiary/aromatic N) is 2. The predicted molar refractivity (Wildman–Crippen MR) is 62.1 cm³/mol. The van der Waals surface area contributed by atoms with E-state index in [1.54, 1.807) is 12.1 Å². The molecule has 0 fully saturated rings. The van der Waals surface area contributed by atoms with Crippen LogP contribution in [0.1, 0.15) is 0 Å². The third-order valence-corrected chi connectivity index (χ3v) is 2.84. The SMILES string of the molecule is O=c1ccc(=O)c2n(O)c3ccccc3n(O)c1=2. The van der Waals surface area contributed by atoms with E-state index in [4.69, 9.17) is 0 Å². The lowest BCUT2D eigenvalue weighted by Crippen LogP contribution is -2.23. The molecular weight excluding hydrogens is 236 g/mol. The van der Waals surface area contributed by atoms with Gasteiger partial charge in [0.15, 0.2) is 10.7 Å². The fourth-order valence-electron chi connectivity index (χ4n) is 2.02. The molecule has 0 unspecified atom stereocenters. The maximum absolute atomic E-state index is 11.7. The lowest BCUT2D eigenvalue weighted by molar-refractivity contribution is 0.162. The lowest BCUT2D eigenvalue weighted by atomic mass is 10.2. The normalized spacial score (nSPS) is 11.1. The first-order valence-corrected chi connectivity index (χ1v) is 5.19. The quantitative estimate of drug-likeness (QED) is 0.559. The predicted octanol–water partition coefficient (Wildman–Crippen LogP) is 0.363. The smallest absolute Gasteiger partial charge is 0.208 e.